The number of hydrogen-bond donors (Lipinski definition) is 2. The van der Waals surface area contributed by atoms with E-state index in [-0.39, 0.29) is 6.42 Å². The van der Waals surface area contributed by atoms with Crippen molar-refractivity contribution in [1.82, 2.24) is 25.1 Å². The lowest BCUT2D eigenvalue weighted by Gasteiger charge is -2.27. The maximum Gasteiger partial charge on any atom is 0.303 e. The molecule has 0 fully saturated rings. The molecule has 8 heteroatoms. The number of aromatic nitrogens is 4. The molecule has 0 aliphatic rings. The van der Waals surface area contributed by atoms with Crippen LogP contribution in [-0.4, -0.2) is 50.0 Å². The van der Waals surface area contributed by atoms with Crippen LogP contribution in [0.1, 0.15) is 57.1 Å². The number of hydrogen-bond acceptors (Lipinski definition) is 6. The summed E-state index contributed by atoms with van der Waals surface area (Å²) in [7, 11) is 0. The number of nitrogens with zero attached hydrogens (tertiary/aromatic N) is 5. The molecule has 8 nitrogen and oxygen atoms in total. The molecule has 0 amide bonds. The maximum atomic E-state index is 10.6. The highest BCUT2D eigenvalue weighted by atomic mass is 16.4. The summed E-state index contributed by atoms with van der Waals surface area (Å²) < 4.78 is 1.93. The highest BCUT2D eigenvalue weighted by Gasteiger charge is 2.13. The summed E-state index contributed by atoms with van der Waals surface area (Å²) in [5.41, 5.74) is 8.19. The first-order chi connectivity index (χ1) is 18.8. The van der Waals surface area contributed by atoms with Gasteiger partial charge in [0.1, 0.15) is 0 Å². The molecule has 0 atom stereocenters. The molecule has 0 radical (unpaired) electrons. The Morgan fingerprint density at radius 2 is 1.74 bits per heavy atom. The minimum Gasteiger partial charge on any atom is -0.481 e. The van der Waals surface area contributed by atoms with Crippen LogP contribution in [0.4, 0.5) is 11.4 Å². The average Bonchev–Trinajstić information content (AvgIpc) is 3.36. The SMILES string of the molecule is Cc1cc(C)cc(N(CCNC(C)C)c2ccc3ncc(-c4cnn(CCCCCCC(=O)O)c4)nc3c2)c1. The van der Waals surface area contributed by atoms with Crippen LogP contribution in [0.25, 0.3) is 22.3 Å². The van der Waals surface area contributed by atoms with Gasteiger partial charge in [-0.15, -0.1) is 0 Å². The fourth-order valence-electron chi connectivity index (χ4n) is 4.81. The summed E-state index contributed by atoms with van der Waals surface area (Å²) in [6, 6.07) is 13.4. The molecule has 4 aromatic rings. The molecule has 0 aliphatic heterocycles. The molecule has 2 aromatic heterocycles. The molecule has 206 valence electrons. The molecular weight excluding hydrogens is 488 g/mol. The van der Waals surface area contributed by atoms with Gasteiger partial charge < -0.3 is 15.3 Å². The van der Waals surface area contributed by atoms with Gasteiger partial charge in [0.05, 0.1) is 29.1 Å². The van der Waals surface area contributed by atoms with Gasteiger partial charge in [0.15, 0.2) is 0 Å². The molecule has 0 aliphatic carbocycles. The summed E-state index contributed by atoms with van der Waals surface area (Å²) >= 11 is 0. The van der Waals surface area contributed by atoms with Crippen LogP contribution in [0.15, 0.2) is 55.0 Å². The third-order valence-corrected chi connectivity index (χ3v) is 6.70. The minimum atomic E-state index is -0.726. The first-order valence-electron chi connectivity index (χ1n) is 13.9. The third-order valence-electron chi connectivity index (χ3n) is 6.70. The molecule has 4 rings (SSSR count). The molecule has 2 N–H and O–H groups in total. The number of benzene rings is 2. The second-order valence-corrected chi connectivity index (χ2v) is 10.6. The summed E-state index contributed by atoms with van der Waals surface area (Å²) in [5.74, 6) is -0.726. The number of carboxylic acid groups (broad SMARTS) is 1. The van der Waals surface area contributed by atoms with E-state index in [9.17, 15) is 4.79 Å². The Labute approximate surface area is 231 Å². The molecule has 39 heavy (non-hydrogen) atoms. The maximum absolute atomic E-state index is 10.6. The number of fused-ring (bicyclic) bond motifs is 1. The van der Waals surface area contributed by atoms with Crippen molar-refractivity contribution in [1.29, 1.82) is 0 Å². The van der Waals surface area contributed by atoms with Gasteiger partial charge in [0.2, 0.25) is 0 Å². The quantitative estimate of drug-likeness (QED) is 0.186. The Bertz CT molecular complexity index is 1380. The van der Waals surface area contributed by atoms with Crippen LogP contribution in [0.3, 0.4) is 0 Å². The summed E-state index contributed by atoms with van der Waals surface area (Å²) in [6.07, 6.45) is 9.50. The molecule has 0 saturated carbocycles. The zero-order chi connectivity index (χ0) is 27.8. The lowest BCUT2D eigenvalue weighted by molar-refractivity contribution is -0.137. The number of rotatable bonds is 14. The number of unbranched alkanes of at least 4 members (excludes halogenated alkanes) is 3. The standard InChI is InChI=1S/C31H40N6O2/c1-22(2)32-12-14-37(27-16-23(3)15-24(4)17-27)26-10-11-28-29(18-26)35-30(20-33-28)25-19-34-36(21-25)13-8-6-5-7-9-31(38)39/h10-11,15-22,32H,5-9,12-14H2,1-4H3,(H,38,39). The van der Waals surface area contributed by atoms with E-state index < -0.39 is 5.97 Å². The molecule has 0 saturated heterocycles. The van der Waals surface area contributed by atoms with Crippen molar-refractivity contribution < 1.29 is 9.90 Å². The largest absolute Gasteiger partial charge is 0.481 e. The fraction of sp³-hybridized carbons (Fsp3) is 0.419. The first kappa shape index (κ1) is 28.2. The third kappa shape index (κ3) is 8.10. The predicted octanol–water partition coefficient (Wildman–Crippen LogP) is 6.28. The van der Waals surface area contributed by atoms with Crippen LogP contribution in [0.5, 0.6) is 0 Å². The number of aliphatic carboxylic acids is 1. The van der Waals surface area contributed by atoms with Gasteiger partial charge in [0, 0.05) is 55.2 Å². The molecule has 0 bridgehead atoms. The van der Waals surface area contributed by atoms with Crippen molar-refractivity contribution in [3.8, 4) is 11.3 Å². The predicted molar refractivity (Wildman–Crippen MR) is 158 cm³/mol. The van der Waals surface area contributed by atoms with E-state index in [0.717, 1.165) is 73.3 Å². The Morgan fingerprint density at radius 3 is 2.49 bits per heavy atom. The van der Waals surface area contributed by atoms with E-state index in [1.807, 2.05) is 29.3 Å². The van der Waals surface area contributed by atoms with E-state index in [0.29, 0.717) is 6.04 Å². The van der Waals surface area contributed by atoms with Crippen molar-refractivity contribution in [2.24, 2.45) is 0 Å². The van der Waals surface area contributed by atoms with Gasteiger partial charge in [-0.3, -0.25) is 14.5 Å². The monoisotopic (exact) mass is 528 g/mol. The Morgan fingerprint density at radius 1 is 0.974 bits per heavy atom. The van der Waals surface area contributed by atoms with Gasteiger partial charge in [0.25, 0.3) is 0 Å². The Balaban J connectivity index is 1.52. The Kier molecular flexibility index (Phi) is 9.65. The zero-order valence-corrected chi connectivity index (χ0v) is 23.5. The van der Waals surface area contributed by atoms with Gasteiger partial charge in [-0.1, -0.05) is 32.8 Å². The molecular formula is C31H40N6O2. The molecule has 2 aromatic carbocycles. The highest BCUT2D eigenvalue weighted by Crippen LogP contribution is 2.30. The van der Waals surface area contributed by atoms with Crippen LogP contribution in [-0.2, 0) is 11.3 Å². The first-order valence-corrected chi connectivity index (χ1v) is 13.9. The van der Waals surface area contributed by atoms with Crippen molar-refractivity contribution in [2.45, 2.75) is 72.4 Å². The zero-order valence-electron chi connectivity index (χ0n) is 23.5. The summed E-state index contributed by atoms with van der Waals surface area (Å²) in [5, 5.41) is 16.8. The smallest absolute Gasteiger partial charge is 0.303 e. The van der Waals surface area contributed by atoms with Gasteiger partial charge in [-0.25, -0.2) is 4.98 Å². The van der Waals surface area contributed by atoms with Gasteiger partial charge in [-0.2, -0.15) is 5.10 Å². The van der Waals surface area contributed by atoms with Crippen LogP contribution in [0.2, 0.25) is 0 Å². The Hall–Kier alpha value is -3.78. The second kappa shape index (κ2) is 13.3. The topological polar surface area (TPSA) is 96.2 Å². The molecule has 0 unspecified atom stereocenters. The normalized spacial score (nSPS) is 11.4. The lowest BCUT2D eigenvalue weighted by Crippen LogP contribution is -2.32. The molecule has 0 spiro atoms. The van der Waals surface area contributed by atoms with E-state index in [1.165, 1.54) is 16.8 Å². The molecule has 2 heterocycles. The number of anilines is 2. The van der Waals surface area contributed by atoms with Crippen LogP contribution < -0.4 is 10.2 Å². The van der Waals surface area contributed by atoms with E-state index in [1.54, 1.807) is 0 Å². The van der Waals surface area contributed by atoms with Gasteiger partial charge >= 0.3 is 5.97 Å². The number of nitrogens with one attached hydrogen (secondary N) is 1. The van der Waals surface area contributed by atoms with Crippen molar-refractivity contribution in [3.63, 3.8) is 0 Å². The van der Waals surface area contributed by atoms with Crippen molar-refractivity contribution >= 4 is 28.4 Å². The minimum absolute atomic E-state index is 0.242. The number of carboxylic acids is 1. The highest BCUT2D eigenvalue weighted by molar-refractivity contribution is 5.82. The lowest BCUT2D eigenvalue weighted by atomic mass is 10.1. The van der Waals surface area contributed by atoms with E-state index in [4.69, 9.17) is 10.1 Å². The van der Waals surface area contributed by atoms with Crippen LogP contribution >= 0.6 is 0 Å². The average molecular weight is 529 g/mol. The number of aryl methyl sites for hydroxylation is 3. The van der Waals surface area contributed by atoms with E-state index >= 15 is 0 Å². The summed E-state index contributed by atoms with van der Waals surface area (Å²) in [6.45, 7) is 11.1. The van der Waals surface area contributed by atoms with Gasteiger partial charge in [-0.05, 0) is 68.1 Å². The van der Waals surface area contributed by atoms with Crippen molar-refractivity contribution in [2.75, 3.05) is 18.0 Å². The second-order valence-electron chi connectivity index (χ2n) is 10.6. The fourth-order valence-corrected chi connectivity index (χ4v) is 4.81. The van der Waals surface area contributed by atoms with Crippen LogP contribution in [0, 0.1) is 13.8 Å². The van der Waals surface area contributed by atoms with E-state index in [2.05, 4.69) is 78.3 Å². The summed E-state index contributed by atoms with van der Waals surface area (Å²) in [4.78, 5) is 22.6. The van der Waals surface area contributed by atoms with Crippen molar-refractivity contribution in [3.05, 3.63) is 66.1 Å². The number of carbonyl (C=O) groups is 1.